The maximum Gasteiger partial charge on any atom is 0.273 e. The van der Waals surface area contributed by atoms with E-state index in [0.717, 1.165) is 19.2 Å². The lowest BCUT2D eigenvalue weighted by Gasteiger charge is -2.33. The molecule has 3 heterocycles. The van der Waals surface area contributed by atoms with E-state index in [2.05, 4.69) is 25.2 Å². The van der Waals surface area contributed by atoms with Crippen LogP contribution in [-0.4, -0.2) is 53.1 Å². The fraction of sp³-hybridized carbons (Fsp3) is 0.409. The van der Waals surface area contributed by atoms with Gasteiger partial charge in [0.2, 0.25) is 0 Å². The van der Waals surface area contributed by atoms with Crippen molar-refractivity contribution in [2.24, 2.45) is 0 Å². The number of alkyl halides is 2. The molecule has 0 unspecified atom stereocenters. The van der Waals surface area contributed by atoms with E-state index in [0.29, 0.717) is 41.5 Å². The highest BCUT2D eigenvalue weighted by Gasteiger charge is 2.22. The Kier molecular flexibility index (Phi) is 6.05. The smallest absolute Gasteiger partial charge is 0.273 e. The molecule has 4 rings (SSSR count). The van der Waals surface area contributed by atoms with Crippen LogP contribution in [0.3, 0.4) is 0 Å². The van der Waals surface area contributed by atoms with Crippen LogP contribution in [0.2, 0.25) is 0 Å². The van der Waals surface area contributed by atoms with Gasteiger partial charge in [-0.3, -0.25) is 4.79 Å². The van der Waals surface area contributed by atoms with Gasteiger partial charge in [-0.1, -0.05) is 18.2 Å². The number of nitrogens with one attached hydrogen (secondary N) is 2. The maximum atomic E-state index is 14.7. The standard InChI is InChI=1S/C22H25F3N6O/c1-12(14-5-4-6-15(18(14)23)19(24)25)26-20-16-11-17(31-9-7-30(3)8-10-31)22(32)29-21(16)28-13(2)27-20/h4-6,11-12,19H,7-10H2,1-3H3,(H2,26,27,28,29,32)/t12-/m1/s1. The van der Waals surface area contributed by atoms with Gasteiger partial charge in [0.05, 0.1) is 17.0 Å². The molecule has 10 heteroatoms. The fourth-order valence-electron chi connectivity index (χ4n) is 3.93. The van der Waals surface area contributed by atoms with Gasteiger partial charge < -0.3 is 20.1 Å². The van der Waals surface area contributed by atoms with Crippen molar-refractivity contribution in [3.05, 3.63) is 57.4 Å². The highest BCUT2D eigenvalue weighted by molar-refractivity contribution is 5.89. The van der Waals surface area contributed by atoms with Gasteiger partial charge in [-0.25, -0.2) is 23.1 Å². The van der Waals surface area contributed by atoms with Crippen LogP contribution in [0.4, 0.5) is 24.7 Å². The second kappa shape index (κ2) is 8.78. The molecular formula is C22H25F3N6O. The molecule has 1 saturated heterocycles. The number of anilines is 2. The minimum absolute atomic E-state index is 0.107. The minimum Gasteiger partial charge on any atom is -0.364 e. The van der Waals surface area contributed by atoms with Crippen LogP contribution in [-0.2, 0) is 0 Å². The van der Waals surface area contributed by atoms with E-state index < -0.39 is 23.8 Å². The molecule has 0 saturated carbocycles. The predicted molar refractivity (Wildman–Crippen MR) is 118 cm³/mol. The van der Waals surface area contributed by atoms with Crippen LogP contribution >= 0.6 is 0 Å². The number of fused-ring (bicyclic) bond motifs is 1. The number of pyridine rings is 1. The molecular weight excluding hydrogens is 421 g/mol. The van der Waals surface area contributed by atoms with Crippen molar-refractivity contribution in [3.63, 3.8) is 0 Å². The number of hydrogen-bond acceptors (Lipinski definition) is 6. The van der Waals surface area contributed by atoms with Gasteiger partial charge in [0.25, 0.3) is 12.0 Å². The molecule has 1 fully saturated rings. The Morgan fingerprint density at radius 2 is 1.81 bits per heavy atom. The number of benzene rings is 1. The van der Waals surface area contributed by atoms with E-state index in [-0.39, 0.29) is 11.1 Å². The summed E-state index contributed by atoms with van der Waals surface area (Å²) < 4.78 is 40.9. The van der Waals surface area contributed by atoms with Crippen LogP contribution in [0, 0.1) is 12.7 Å². The molecule has 2 N–H and O–H groups in total. The Morgan fingerprint density at radius 3 is 2.50 bits per heavy atom. The fourth-order valence-corrected chi connectivity index (χ4v) is 3.93. The number of H-pyrrole nitrogens is 1. The lowest BCUT2D eigenvalue weighted by Crippen LogP contribution is -2.46. The Bertz CT molecular complexity index is 1190. The monoisotopic (exact) mass is 446 g/mol. The molecule has 32 heavy (non-hydrogen) atoms. The molecule has 0 radical (unpaired) electrons. The summed E-state index contributed by atoms with van der Waals surface area (Å²) in [6.07, 6.45) is -2.90. The van der Waals surface area contributed by atoms with Crippen molar-refractivity contribution in [3.8, 4) is 0 Å². The summed E-state index contributed by atoms with van der Waals surface area (Å²) in [5, 5.41) is 3.69. The van der Waals surface area contributed by atoms with Crippen molar-refractivity contribution >= 4 is 22.5 Å². The van der Waals surface area contributed by atoms with E-state index in [1.807, 2.05) is 11.9 Å². The zero-order chi connectivity index (χ0) is 23.0. The van der Waals surface area contributed by atoms with Gasteiger partial charge >= 0.3 is 0 Å². The summed E-state index contributed by atoms with van der Waals surface area (Å²) in [4.78, 5) is 28.5. The number of rotatable bonds is 5. The summed E-state index contributed by atoms with van der Waals surface area (Å²) >= 11 is 0. The van der Waals surface area contributed by atoms with Crippen LogP contribution in [0.25, 0.3) is 11.0 Å². The first kappa shape index (κ1) is 22.1. The average Bonchev–Trinajstić information content (AvgIpc) is 2.73. The van der Waals surface area contributed by atoms with Crippen LogP contribution in [0.1, 0.15) is 36.3 Å². The van der Waals surface area contributed by atoms with Crippen molar-refractivity contribution in [1.82, 2.24) is 19.9 Å². The number of halogens is 3. The number of aryl methyl sites for hydroxylation is 1. The largest absolute Gasteiger partial charge is 0.364 e. The molecule has 0 aliphatic carbocycles. The highest BCUT2D eigenvalue weighted by atomic mass is 19.3. The van der Waals surface area contributed by atoms with Crippen LogP contribution < -0.4 is 15.8 Å². The van der Waals surface area contributed by atoms with Gasteiger partial charge in [-0.15, -0.1) is 0 Å². The zero-order valence-corrected chi connectivity index (χ0v) is 18.1. The molecule has 2 aromatic heterocycles. The van der Waals surface area contributed by atoms with E-state index in [9.17, 15) is 18.0 Å². The molecule has 1 aliphatic rings. The number of aromatic amines is 1. The Balaban J connectivity index is 1.73. The van der Waals surface area contributed by atoms with Crippen molar-refractivity contribution < 1.29 is 13.2 Å². The van der Waals surface area contributed by atoms with E-state index in [4.69, 9.17) is 0 Å². The highest BCUT2D eigenvalue weighted by Crippen LogP contribution is 2.30. The third kappa shape index (κ3) is 4.27. The summed E-state index contributed by atoms with van der Waals surface area (Å²) in [6.45, 7) is 6.45. The first-order valence-corrected chi connectivity index (χ1v) is 10.4. The second-order valence-electron chi connectivity index (χ2n) is 8.07. The van der Waals surface area contributed by atoms with Crippen molar-refractivity contribution in [2.75, 3.05) is 43.4 Å². The quantitative estimate of drug-likeness (QED) is 0.623. The summed E-state index contributed by atoms with van der Waals surface area (Å²) in [5.41, 5.74) is 0.101. The van der Waals surface area contributed by atoms with Gasteiger partial charge in [0, 0.05) is 31.7 Å². The van der Waals surface area contributed by atoms with Gasteiger partial charge in [-0.05, 0) is 27.0 Å². The minimum atomic E-state index is -2.90. The van der Waals surface area contributed by atoms with Gasteiger partial charge in [0.1, 0.15) is 28.8 Å². The number of likely N-dealkylation sites (N-methyl/N-ethyl adjacent to an activating group) is 1. The summed E-state index contributed by atoms with van der Waals surface area (Å²) in [7, 11) is 2.03. The topological polar surface area (TPSA) is 77.2 Å². The van der Waals surface area contributed by atoms with Crippen LogP contribution in [0.15, 0.2) is 29.1 Å². The molecule has 0 bridgehead atoms. The predicted octanol–water partition coefficient (Wildman–Crippen LogP) is 3.63. The molecule has 1 aromatic carbocycles. The van der Waals surface area contributed by atoms with Gasteiger partial charge in [-0.2, -0.15) is 0 Å². The molecule has 1 aliphatic heterocycles. The molecule has 1 atom stereocenters. The van der Waals surface area contributed by atoms with Crippen LogP contribution in [0.5, 0.6) is 0 Å². The summed E-state index contributed by atoms with van der Waals surface area (Å²) in [5.74, 6) is -0.130. The molecule has 170 valence electrons. The number of hydrogen-bond donors (Lipinski definition) is 2. The van der Waals surface area contributed by atoms with Crippen molar-refractivity contribution in [2.45, 2.75) is 26.3 Å². The first-order valence-electron chi connectivity index (χ1n) is 10.4. The molecule has 3 aromatic rings. The van der Waals surface area contributed by atoms with E-state index in [1.165, 1.54) is 12.1 Å². The zero-order valence-electron chi connectivity index (χ0n) is 18.1. The number of nitrogens with zero attached hydrogens (tertiary/aromatic N) is 4. The third-order valence-electron chi connectivity index (χ3n) is 5.76. The lowest BCUT2D eigenvalue weighted by atomic mass is 10.0. The number of aromatic nitrogens is 3. The third-order valence-corrected chi connectivity index (χ3v) is 5.76. The molecule has 7 nitrogen and oxygen atoms in total. The van der Waals surface area contributed by atoms with E-state index >= 15 is 0 Å². The first-order chi connectivity index (χ1) is 15.2. The van der Waals surface area contributed by atoms with Gasteiger partial charge in [0.15, 0.2) is 0 Å². The lowest BCUT2D eigenvalue weighted by molar-refractivity contribution is 0.146. The Morgan fingerprint density at radius 1 is 1.12 bits per heavy atom. The molecule has 0 amide bonds. The Hall–Kier alpha value is -3.14. The number of piperazine rings is 1. The second-order valence-corrected chi connectivity index (χ2v) is 8.07. The summed E-state index contributed by atoms with van der Waals surface area (Å²) in [6, 6.07) is 5.04. The Labute approximate surface area is 183 Å². The normalized spacial score (nSPS) is 16.0. The van der Waals surface area contributed by atoms with E-state index in [1.54, 1.807) is 19.9 Å². The molecule has 0 spiro atoms. The average molecular weight is 446 g/mol. The SMILES string of the molecule is Cc1nc(N[C@H](C)c2cccc(C(F)F)c2F)c2cc(N3CCN(C)CC3)c(=O)[nH]c2n1. The van der Waals surface area contributed by atoms with Crippen molar-refractivity contribution in [1.29, 1.82) is 0 Å². The maximum absolute atomic E-state index is 14.7.